The molecule has 1 aliphatic rings. The van der Waals surface area contributed by atoms with Gasteiger partial charge in [-0.05, 0) is 38.5 Å². The number of benzene rings is 2. The summed E-state index contributed by atoms with van der Waals surface area (Å²) in [5.74, 6) is -0.434. The molecule has 0 fully saturated rings. The second-order valence-electron chi connectivity index (χ2n) is 7.14. The van der Waals surface area contributed by atoms with Gasteiger partial charge in [0.05, 0.1) is 28.3 Å². The third kappa shape index (κ3) is 4.67. The molecule has 0 radical (unpaired) electrons. The van der Waals surface area contributed by atoms with Crippen LogP contribution in [0.1, 0.15) is 41.3 Å². The largest absolute Gasteiger partial charge is 0.353 e. The van der Waals surface area contributed by atoms with Crippen molar-refractivity contribution in [3.8, 4) is 6.07 Å². The van der Waals surface area contributed by atoms with Crippen LogP contribution in [0.2, 0.25) is 5.02 Å². The van der Waals surface area contributed by atoms with E-state index in [9.17, 15) is 14.9 Å². The Hall–Kier alpha value is -2.81. The minimum Gasteiger partial charge on any atom is -0.353 e. The van der Waals surface area contributed by atoms with Gasteiger partial charge in [-0.25, -0.2) is 0 Å². The van der Waals surface area contributed by atoms with E-state index in [0.29, 0.717) is 32.5 Å². The van der Waals surface area contributed by atoms with Crippen LogP contribution in [-0.4, -0.2) is 17.3 Å². The molecule has 2 aromatic carbocycles. The zero-order valence-corrected chi connectivity index (χ0v) is 18.5. The normalized spacial score (nSPS) is 16.2. The summed E-state index contributed by atoms with van der Waals surface area (Å²) in [6, 6.07) is 16.8. The minimum absolute atomic E-state index is 0.0198. The molecule has 3 rings (SSSR count). The lowest BCUT2D eigenvalue weighted by Gasteiger charge is -2.29. The Morgan fingerprint density at radius 3 is 2.30 bits per heavy atom. The molecule has 1 heterocycles. The van der Waals surface area contributed by atoms with Crippen LogP contribution in [0, 0.1) is 18.3 Å². The monoisotopic (exact) mass is 436 g/mol. The smallest absolute Gasteiger partial charge is 0.173 e. The Morgan fingerprint density at radius 1 is 1.10 bits per heavy atom. The van der Waals surface area contributed by atoms with Crippen molar-refractivity contribution in [1.82, 2.24) is 5.32 Å². The van der Waals surface area contributed by atoms with Crippen LogP contribution >= 0.6 is 23.4 Å². The first-order valence-corrected chi connectivity index (χ1v) is 10.8. The van der Waals surface area contributed by atoms with Crippen molar-refractivity contribution in [2.24, 2.45) is 0 Å². The van der Waals surface area contributed by atoms with Gasteiger partial charge in [0.1, 0.15) is 0 Å². The number of rotatable bonds is 6. The fraction of sp³-hybridized carbons (Fsp3) is 0.208. The number of hydrogen-bond donors (Lipinski definition) is 1. The quantitative estimate of drug-likeness (QED) is 0.601. The van der Waals surface area contributed by atoms with Crippen molar-refractivity contribution in [2.45, 2.75) is 26.7 Å². The standard InChI is InChI=1S/C24H21ClN2O2S/c1-14-4-6-17(7-5-14)21(29)13-30-24-20(12-26)23(18-8-10-19(25)11-9-18)22(16(3)28)15(2)27-24/h4-11,23,27H,13H2,1-3H3. The van der Waals surface area contributed by atoms with Crippen molar-refractivity contribution >= 4 is 34.9 Å². The molecule has 0 saturated heterocycles. The van der Waals surface area contributed by atoms with Crippen molar-refractivity contribution in [3.63, 3.8) is 0 Å². The summed E-state index contributed by atoms with van der Waals surface area (Å²) in [5, 5.41) is 14.3. The molecule has 1 atom stereocenters. The molecule has 0 spiro atoms. The van der Waals surface area contributed by atoms with E-state index in [0.717, 1.165) is 11.1 Å². The number of nitriles is 1. The van der Waals surface area contributed by atoms with Crippen molar-refractivity contribution < 1.29 is 9.59 Å². The van der Waals surface area contributed by atoms with Crippen LogP contribution in [0.5, 0.6) is 0 Å². The molecular weight excluding hydrogens is 416 g/mol. The van der Waals surface area contributed by atoms with Gasteiger partial charge in [-0.2, -0.15) is 5.26 Å². The van der Waals surface area contributed by atoms with Gasteiger partial charge < -0.3 is 5.32 Å². The lowest BCUT2D eigenvalue weighted by atomic mass is 9.81. The molecule has 6 heteroatoms. The lowest BCUT2D eigenvalue weighted by Crippen LogP contribution is -2.27. The van der Waals surface area contributed by atoms with Crippen molar-refractivity contribution in [3.05, 3.63) is 92.1 Å². The predicted octanol–water partition coefficient (Wildman–Crippen LogP) is 5.55. The third-order valence-corrected chi connectivity index (χ3v) is 6.22. The highest BCUT2D eigenvalue weighted by atomic mass is 35.5. The summed E-state index contributed by atoms with van der Waals surface area (Å²) in [6.07, 6.45) is 0. The van der Waals surface area contributed by atoms with E-state index in [1.54, 1.807) is 12.1 Å². The van der Waals surface area contributed by atoms with Gasteiger partial charge in [-0.1, -0.05) is 65.3 Å². The zero-order valence-electron chi connectivity index (χ0n) is 17.0. The summed E-state index contributed by atoms with van der Waals surface area (Å²) in [5.41, 5.74) is 4.19. The number of carbonyl (C=O) groups is 2. The number of dihydropyridines is 1. The molecule has 152 valence electrons. The average molecular weight is 437 g/mol. The van der Waals surface area contributed by atoms with Crippen LogP contribution in [0.15, 0.2) is 70.4 Å². The van der Waals surface area contributed by atoms with Gasteiger partial charge in [0, 0.05) is 21.9 Å². The molecule has 30 heavy (non-hydrogen) atoms. The molecule has 2 aromatic rings. The Labute approximate surface area is 185 Å². The van der Waals surface area contributed by atoms with Crippen LogP contribution in [0.25, 0.3) is 0 Å². The van der Waals surface area contributed by atoms with Gasteiger partial charge in [-0.15, -0.1) is 0 Å². The molecule has 0 saturated carbocycles. The summed E-state index contributed by atoms with van der Waals surface area (Å²) in [7, 11) is 0. The number of carbonyl (C=O) groups excluding carboxylic acids is 2. The van der Waals surface area contributed by atoms with Gasteiger partial charge in [0.25, 0.3) is 0 Å². The van der Waals surface area contributed by atoms with E-state index < -0.39 is 5.92 Å². The van der Waals surface area contributed by atoms with Crippen molar-refractivity contribution in [2.75, 3.05) is 5.75 Å². The first kappa shape index (κ1) is 21.9. The molecule has 1 unspecified atom stereocenters. The molecular formula is C24H21ClN2O2S. The summed E-state index contributed by atoms with van der Waals surface area (Å²) in [4.78, 5) is 25.0. The maximum atomic E-state index is 12.6. The number of ketones is 2. The first-order chi connectivity index (χ1) is 14.3. The van der Waals surface area contributed by atoms with Gasteiger partial charge in [0.2, 0.25) is 0 Å². The number of thioether (sulfide) groups is 1. The number of hydrogen-bond acceptors (Lipinski definition) is 5. The number of nitrogens with one attached hydrogen (secondary N) is 1. The lowest BCUT2D eigenvalue weighted by molar-refractivity contribution is -0.113. The Bertz CT molecular complexity index is 1090. The van der Waals surface area contributed by atoms with Gasteiger partial charge in [-0.3, -0.25) is 9.59 Å². The Balaban J connectivity index is 1.94. The molecule has 0 bridgehead atoms. The topological polar surface area (TPSA) is 70.0 Å². The van der Waals surface area contributed by atoms with Crippen LogP contribution in [0.3, 0.4) is 0 Å². The number of halogens is 1. The second-order valence-corrected chi connectivity index (χ2v) is 8.56. The molecule has 4 nitrogen and oxygen atoms in total. The highest BCUT2D eigenvalue weighted by molar-refractivity contribution is 8.03. The van der Waals surface area contributed by atoms with E-state index >= 15 is 0 Å². The molecule has 1 aliphatic heterocycles. The fourth-order valence-electron chi connectivity index (χ4n) is 3.44. The summed E-state index contributed by atoms with van der Waals surface area (Å²) >= 11 is 7.30. The second kappa shape index (κ2) is 9.34. The van der Waals surface area contributed by atoms with E-state index in [-0.39, 0.29) is 17.3 Å². The maximum Gasteiger partial charge on any atom is 0.173 e. The summed E-state index contributed by atoms with van der Waals surface area (Å²) in [6.45, 7) is 5.28. The maximum absolute atomic E-state index is 12.6. The Kier molecular flexibility index (Phi) is 6.81. The Morgan fingerprint density at radius 2 is 1.73 bits per heavy atom. The van der Waals surface area contributed by atoms with Crippen LogP contribution in [-0.2, 0) is 4.79 Å². The van der Waals surface area contributed by atoms with Gasteiger partial charge >= 0.3 is 0 Å². The number of Topliss-reactive ketones (excluding diaryl/α,β-unsaturated/α-hetero) is 2. The first-order valence-electron chi connectivity index (χ1n) is 9.43. The molecule has 0 aromatic heterocycles. The number of allylic oxidation sites excluding steroid dienone is 3. The fourth-order valence-corrected chi connectivity index (χ4v) is 4.55. The predicted molar refractivity (Wildman–Crippen MR) is 121 cm³/mol. The molecule has 0 amide bonds. The zero-order chi connectivity index (χ0) is 21.8. The highest BCUT2D eigenvalue weighted by Crippen LogP contribution is 2.41. The van der Waals surface area contributed by atoms with E-state index in [1.165, 1.54) is 18.7 Å². The average Bonchev–Trinajstić information content (AvgIpc) is 2.72. The third-order valence-electron chi connectivity index (χ3n) is 4.95. The van der Waals surface area contributed by atoms with E-state index in [1.807, 2.05) is 50.2 Å². The summed E-state index contributed by atoms with van der Waals surface area (Å²) < 4.78 is 0. The highest BCUT2D eigenvalue weighted by Gasteiger charge is 2.33. The SMILES string of the molecule is CC(=O)C1=C(C)NC(SCC(=O)c2ccc(C)cc2)=C(C#N)C1c1ccc(Cl)cc1. The minimum atomic E-state index is -0.497. The van der Waals surface area contributed by atoms with Crippen LogP contribution in [0.4, 0.5) is 0 Å². The van der Waals surface area contributed by atoms with Gasteiger partial charge in [0.15, 0.2) is 11.6 Å². The van der Waals surface area contributed by atoms with E-state index in [4.69, 9.17) is 11.6 Å². The van der Waals surface area contributed by atoms with Crippen molar-refractivity contribution in [1.29, 1.82) is 5.26 Å². The molecule has 1 N–H and O–H groups in total. The van der Waals surface area contributed by atoms with Crippen LogP contribution < -0.4 is 5.32 Å². The number of aryl methyl sites for hydroxylation is 1. The number of nitrogens with zero attached hydrogens (tertiary/aromatic N) is 1. The molecule has 0 aliphatic carbocycles. The van der Waals surface area contributed by atoms with E-state index in [2.05, 4.69) is 11.4 Å².